The Hall–Kier alpha value is -0.0600. The van der Waals surface area contributed by atoms with E-state index in [0.29, 0.717) is 5.92 Å². The summed E-state index contributed by atoms with van der Waals surface area (Å²) in [5.74, 6) is 0.435. The van der Waals surface area contributed by atoms with Crippen LogP contribution in [0.15, 0.2) is 11.8 Å². The fraction of sp³-hybridized carbons (Fsp3) is 0.500. The van der Waals surface area contributed by atoms with E-state index in [1.165, 1.54) is 6.21 Å². The van der Waals surface area contributed by atoms with Crippen molar-refractivity contribution in [3.8, 4) is 0 Å². The summed E-state index contributed by atoms with van der Waals surface area (Å²) in [7, 11) is 0. The summed E-state index contributed by atoms with van der Waals surface area (Å²) >= 11 is 2.03. The van der Waals surface area contributed by atoms with Gasteiger partial charge < -0.3 is 8.94 Å². The first-order chi connectivity index (χ1) is 4.22. The summed E-state index contributed by atoms with van der Waals surface area (Å²) in [6, 6.07) is 0. The number of hydrogen-bond donors (Lipinski definition) is 2. The fourth-order valence-electron chi connectivity index (χ4n) is 0.438. The van der Waals surface area contributed by atoms with Gasteiger partial charge in [-0.05, 0) is 11.5 Å². The molecule has 0 saturated carbocycles. The predicted octanol–water partition coefficient (Wildman–Crippen LogP) is 2.12. The number of halogens is 1. The first-order valence-electron chi connectivity index (χ1n) is 2.79. The summed E-state index contributed by atoms with van der Waals surface area (Å²) in [6.07, 6.45) is 3.20. The van der Waals surface area contributed by atoms with Crippen LogP contribution in [0.5, 0.6) is 0 Å². The highest BCUT2D eigenvalue weighted by Gasteiger charge is 1.96. The molecule has 0 heterocycles. The lowest BCUT2D eigenvalue weighted by Gasteiger charge is -2.02. The highest BCUT2D eigenvalue weighted by Crippen LogP contribution is 2.04. The number of nitrogens with one attached hydrogen (secondary N) is 2. The number of rotatable bonds is 3. The SMILES string of the molecule is CC(C)/C(C=N)=C/NI. The maximum Gasteiger partial charge on any atom is 0.0555 e. The van der Waals surface area contributed by atoms with E-state index in [1.807, 2.05) is 29.1 Å². The van der Waals surface area contributed by atoms with E-state index in [1.54, 1.807) is 0 Å². The molecule has 0 atom stereocenters. The van der Waals surface area contributed by atoms with Gasteiger partial charge in [0, 0.05) is 12.4 Å². The summed E-state index contributed by atoms with van der Waals surface area (Å²) in [5.41, 5.74) is 1.02. The topological polar surface area (TPSA) is 35.9 Å². The van der Waals surface area contributed by atoms with Gasteiger partial charge in [0.25, 0.3) is 0 Å². The zero-order valence-electron chi connectivity index (χ0n) is 5.61. The van der Waals surface area contributed by atoms with Crippen LogP contribution in [-0.2, 0) is 0 Å². The highest BCUT2D eigenvalue weighted by atomic mass is 127. The molecule has 0 aromatic rings. The molecule has 0 saturated heterocycles. The Labute approximate surface area is 69.7 Å². The van der Waals surface area contributed by atoms with E-state index in [-0.39, 0.29) is 0 Å². The van der Waals surface area contributed by atoms with Crippen LogP contribution >= 0.6 is 22.9 Å². The van der Waals surface area contributed by atoms with Crippen molar-refractivity contribution in [2.75, 3.05) is 0 Å². The summed E-state index contributed by atoms with van der Waals surface area (Å²) in [5, 5.41) is 6.96. The van der Waals surface area contributed by atoms with Crippen molar-refractivity contribution in [1.29, 1.82) is 5.41 Å². The van der Waals surface area contributed by atoms with Crippen LogP contribution in [0, 0.1) is 11.3 Å². The Balaban J connectivity index is 3.97. The van der Waals surface area contributed by atoms with Crippen molar-refractivity contribution >= 4 is 29.1 Å². The second-order valence-corrected chi connectivity index (χ2v) is 2.68. The third-order valence-electron chi connectivity index (χ3n) is 1.05. The molecule has 2 nitrogen and oxygen atoms in total. The Morgan fingerprint density at radius 3 is 2.33 bits per heavy atom. The first kappa shape index (κ1) is 8.94. The van der Waals surface area contributed by atoms with E-state index in [4.69, 9.17) is 5.41 Å². The standard InChI is InChI=1S/C6H11IN2/c1-5(2)6(3-8)4-9-7/h3-5,8-9H,1-2H3/b6-4+,8-3?. The van der Waals surface area contributed by atoms with Gasteiger partial charge in [0.05, 0.1) is 22.9 Å². The lowest BCUT2D eigenvalue weighted by molar-refractivity contribution is 0.801. The van der Waals surface area contributed by atoms with Gasteiger partial charge in [-0.25, -0.2) is 0 Å². The van der Waals surface area contributed by atoms with Gasteiger partial charge in [0.1, 0.15) is 0 Å². The molecule has 2 N–H and O–H groups in total. The fourth-order valence-corrected chi connectivity index (χ4v) is 0.798. The molecular weight excluding hydrogens is 227 g/mol. The van der Waals surface area contributed by atoms with Gasteiger partial charge in [0.15, 0.2) is 0 Å². The second kappa shape index (κ2) is 4.78. The molecule has 0 unspecified atom stereocenters. The zero-order chi connectivity index (χ0) is 7.28. The van der Waals surface area contributed by atoms with Crippen LogP contribution in [0.3, 0.4) is 0 Å². The Kier molecular flexibility index (Phi) is 4.75. The molecule has 0 bridgehead atoms. The minimum Gasteiger partial charge on any atom is -0.335 e. The molecule has 0 fully saturated rings. The lowest BCUT2D eigenvalue weighted by Crippen LogP contribution is -1.98. The third-order valence-corrected chi connectivity index (χ3v) is 1.37. The third kappa shape index (κ3) is 3.51. The quantitative estimate of drug-likeness (QED) is 0.441. The zero-order valence-corrected chi connectivity index (χ0v) is 7.77. The minimum atomic E-state index is 0.435. The van der Waals surface area contributed by atoms with Gasteiger partial charge in [0.2, 0.25) is 0 Å². The molecule has 3 heteroatoms. The van der Waals surface area contributed by atoms with Crippen LogP contribution in [0.1, 0.15) is 13.8 Å². The molecule has 9 heavy (non-hydrogen) atoms. The summed E-state index contributed by atoms with van der Waals surface area (Å²) < 4.78 is 2.86. The van der Waals surface area contributed by atoms with E-state index >= 15 is 0 Å². The summed E-state index contributed by atoms with van der Waals surface area (Å²) in [6.45, 7) is 4.12. The molecule has 0 aromatic heterocycles. The van der Waals surface area contributed by atoms with E-state index in [2.05, 4.69) is 17.4 Å². The van der Waals surface area contributed by atoms with Crippen molar-refractivity contribution in [2.24, 2.45) is 5.92 Å². The molecule has 0 aromatic carbocycles. The Bertz CT molecular complexity index is 118. The normalized spacial score (nSPS) is 11.8. The van der Waals surface area contributed by atoms with Crippen LogP contribution in [-0.4, -0.2) is 6.21 Å². The van der Waals surface area contributed by atoms with E-state index < -0.39 is 0 Å². The molecule has 0 aliphatic heterocycles. The smallest absolute Gasteiger partial charge is 0.0555 e. The van der Waals surface area contributed by atoms with Crippen LogP contribution in [0.25, 0.3) is 0 Å². The molecule has 0 aliphatic carbocycles. The average Bonchev–Trinajstić information content (AvgIpc) is 1.82. The molecular formula is C6H11IN2. The second-order valence-electron chi connectivity index (χ2n) is 2.05. The number of hydrogen-bond acceptors (Lipinski definition) is 2. The Morgan fingerprint density at radius 1 is 1.67 bits per heavy atom. The summed E-state index contributed by atoms with van der Waals surface area (Å²) in [4.78, 5) is 0. The monoisotopic (exact) mass is 238 g/mol. The molecule has 0 rings (SSSR count). The maximum absolute atomic E-state index is 6.96. The maximum atomic E-state index is 6.96. The van der Waals surface area contributed by atoms with Gasteiger partial charge in [-0.15, -0.1) is 0 Å². The minimum absolute atomic E-state index is 0.435. The highest BCUT2D eigenvalue weighted by molar-refractivity contribution is 14.1. The average molecular weight is 238 g/mol. The molecule has 0 aliphatic rings. The molecule has 52 valence electrons. The van der Waals surface area contributed by atoms with Gasteiger partial charge >= 0.3 is 0 Å². The Morgan fingerprint density at radius 2 is 2.22 bits per heavy atom. The van der Waals surface area contributed by atoms with Gasteiger partial charge in [-0.2, -0.15) is 0 Å². The number of allylic oxidation sites excluding steroid dienone is 1. The van der Waals surface area contributed by atoms with Gasteiger partial charge in [-0.1, -0.05) is 13.8 Å². The molecule has 0 radical (unpaired) electrons. The van der Waals surface area contributed by atoms with Crippen molar-refractivity contribution < 1.29 is 0 Å². The van der Waals surface area contributed by atoms with Gasteiger partial charge in [-0.3, -0.25) is 0 Å². The van der Waals surface area contributed by atoms with Crippen LogP contribution < -0.4 is 3.53 Å². The van der Waals surface area contributed by atoms with Crippen molar-refractivity contribution in [3.63, 3.8) is 0 Å². The molecule has 0 amide bonds. The lowest BCUT2D eigenvalue weighted by atomic mass is 10.1. The van der Waals surface area contributed by atoms with Crippen molar-refractivity contribution in [1.82, 2.24) is 3.53 Å². The van der Waals surface area contributed by atoms with Crippen molar-refractivity contribution in [2.45, 2.75) is 13.8 Å². The van der Waals surface area contributed by atoms with Crippen molar-refractivity contribution in [3.05, 3.63) is 11.8 Å². The molecule has 0 spiro atoms. The largest absolute Gasteiger partial charge is 0.335 e. The predicted molar refractivity (Wildman–Crippen MR) is 48.9 cm³/mol. The van der Waals surface area contributed by atoms with Crippen LogP contribution in [0.4, 0.5) is 0 Å². The van der Waals surface area contributed by atoms with E-state index in [9.17, 15) is 0 Å². The van der Waals surface area contributed by atoms with Crippen LogP contribution in [0.2, 0.25) is 0 Å². The van der Waals surface area contributed by atoms with E-state index in [0.717, 1.165) is 5.57 Å². The first-order valence-corrected chi connectivity index (χ1v) is 3.87.